The molecule has 0 aromatic rings. The molecule has 1 aliphatic carbocycles. The molecule has 1 atom stereocenters. The van der Waals surface area contributed by atoms with Crippen LogP contribution in [0.3, 0.4) is 0 Å². The Labute approximate surface area is 87.9 Å². The van der Waals surface area contributed by atoms with Gasteiger partial charge in [0.2, 0.25) is 0 Å². The van der Waals surface area contributed by atoms with E-state index in [1.807, 2.05) is 0 Å². The van der Waals surface area contributed by atoms with Crippen molar-refractivity contribution >= 4 is 0 Å². The summed E-state index contributed by atoms with van der Waals surface area (Å²) in [4.78, 5) is 0. The lowest BCUT2D eigenvalue weighted by molar-refractivity contribution is -0.202. The predicted octanol–water partition coefficient (Wildman–Crippen LogP) is 2.08. The Bertz CT molecular complexity index is 188. The minimum Gasteiger partial charge on any atom is -0.382 e. The molecule has 0 amide bonds. The van der Waals surface area contributed by atoms with Gasteiger partial charge in [0.05, 0.1) is 0 Å². The smallest absolute Gasteiger partial charge is 0.382 e. The molecule has 0 saturated heterocycles. The number of aliphatic hydroxyl groups is 1. The van der Waals surface area contributed by atoms with E-state index in [1.165, 1.54) is 0 Å². The zero-order valence-corrected chi connectivity index (χ0v) is 8.85. The SMILES string of the molecule is CC1CCC(NCC(O)C(F)(F)F)CC1. The van der Waals surface area contributed by atoms with Crippen molar-refractivity contribution in [1.82, 2.24) is 5.32 Å². The lowest BCUT2D eigenvalue weighted by Gasteiger charge is -2.28. The molecule has 1 saturated carbocycles. The highest BCUT2D eigenvalue weighted by atomic mass is 19.4. The third kappa shape index (κ3) is 4.38. The number of alkyl halides is 3. The van der Waals surface area contributed by atoms with Crippen molar-refractivity contribution in [2.75, 3.05) is 6.54 Å². The van der Waals surface area contributed by atoms with Gasteiger partial charge in [-0.25, -0.2) is 0 Å². The third-order valence-corrected chi connectivity index (χ3v) is 2.99. The van der Waals surface area contributed by atoms with Crippen LogP contribution in [0.25, 0.3) is 0 Å². The van der Waals surface area contributed by atoms with Crippen molar-refractivity contribution in [2.45, 2.75) is 50.9 Å². The van der Waals surface area contributed by atoms with E-state index in [-0.39, 0.29) is 12.6 Å². The number of hydrogen-bond donors (Lipinski definition) is 2. The molecule has 0 aliphatic heterocycles. The number of nitrogens with one attached hydrogen (secondary N) is 1. The summed E-state index contributed by atoms with van der Waals surface area (Å²) in [6, 6.07) is 0.137. The summed E-state index contributed by atoms with van der Waals surface area (Å²) in [7, 11) is 0. The Hall–Kier alpha value is -0.290. The molecule has 1 unspecified atom stereocenters. The topological polar surface area (TPSA) is 32.3 Å². The maximum Gasteiger partial charge on any atom is 0.415 e. The van der Waals surface area contributed by atoms with E-state index in [0.29, 0.717) is 5.92 Å². The molecule has 0 radical (unpaired) electrons. The Morgan fingerprint density at radius 3 is 2.27 bits per heavy atom. The van der Waals surface area contributed by atoms with Crippen LogP contribution >= 0.6 is 0 Å². The quantitative estimate of drug-likeness (QED) is 0.770. The van der Waals surface area contributed by atoms with Gasteiger partial charge < -0.3 is 10.4 Å². The number of rotatable bonds is 3. The fourth-order valence-corrected chi connectivity index (χ4v) is 1.86. The van der Waals surface area contributed by atoms with Crippen LogP contribution in [0.2, 0.25) is 0 Å². The van der Waals surface area contributed by atoms with Crippen LogP contribution in [-0.2, 0) is 0 Å². The van der Waals surface area contributed by atoms with E-state index in [9.17, 15) is 13.2 Å². The minimum absolute atomic E-state index is 0.137. The number of aliphatic hydroxyl groups excluding tert-OH is 1. The molecule has 0 bridgehead atoms. The van der Waals surface area contributed by atoms with Gasteiger partial charge in [-0.2, -0.15) is 13.2 Å². The first-order valence-corrected chi connectivity index (χ1v) is 5.37. The fraction of sp³-hybridized carbons (Fsp3) is 1.00. The Morgan fingerprint density at radius 2 is 1.80 bits per heavy atom. The molecule has 2 nitrogen and oxygen atoms in total. The van der Waals surface area contributed by atoms with Gasteiger partial charge in [-0.15, -0.1) is 0 Å². The summed E-state index contributed by atoms with van der Waals surface area (Å²) in [5.41, 5.74) is 0. The molecule has 1 fully saturated rings. The fourth-order valence-electron chi connectivity index (χ4n) is 1.86. The highest BCUT2D eigenvalue weighted by Crippen LogP contribution is 2.24. The summed E-state index contributed by atoms with van der Waals surface area (Å²) in [6.45, 7) is 1.77. The van der Waals surface area contributed by atoms with E-state index >= 15 is 0 Å². The van der Waals surface area contributed by atoms with Crippen molar-refractivity contribution in [3.05, 3.63) is 0 Å². The van der Waals surface area contributed by atoms with Crippen LogP contribution in [0, 0.1) is 5.92 Å². The van der Waals surface area contributed by atoms with Crippen LogP contribution in [0.5, 0.6) is 0 Å². The standard InChI is InChI=1S/C10H18F3NO/c1-7-2-4-8(5-3-7)14-6-9(15)10(11,12)13/h7-9,14-15H,2-6H2,1H3. The Balaban J connectivity index is 2.20. The van der Waals surface area contributed by atoms with Gasteiger partial charge in [0, 0.05) is 12.6 Å². The highest BCUT2D eigenvalue weighted by molar-refractivity contribution is 4.77. The van der Waals surface area contributed by atoms with Gasteiger partial charge in [-0.3, -0.25) is 0 Å². The van der Waals surface area contributed by atoms with Crippen LogP contribution in [0.15, 0.2) is 0 Å². The number of halogens is 3. The van der Waals surface area contributed by atoms with E-state index in [1.54, 1.807) is 0 Å². The summed E-state index contributed by atoms with van der Waals surface area (Å²) in [5, 5.41) is 11.6. The first-order chi connectivity index (χ1) is 6.89. The number of hydrogen-bond acceptors (Lipinski definition) is 2. The van der Waals surface area contributed by atoms with Gasteiger partial charge in [-0.05, 0) is 31.6 Å². The largest absolute Gasteiger partial charge is 0.415 e. The summed E-state index contributed by atoms with van der Waals surface area (Å²) < 4.78 is 35.9. The normalized spacial score (nSPS) is 30.2. The summed E-state index contributed by atoms with van der Waals surface area (Å²) in [6.07, 6.45) is -2.82. The van der Waals surface area contributed by atoms with Gasteiger partial charge in [0.25, 0.3) is 0 Å². The first-order valence-electron chi connectivity index (χ1n) is 5.37. The maximum absolute atomic E-state index is 12.0. The van der Waals surface area contributed by atoms with Gasteiger partial charge >= 0.3 is 6.18 Å². The van der Waals surface area contributed by atoms with Gasteiger partial charge in [0.1, 0.15) is 0 Å². The van der Waals surface area contributed by atoms with Crippen LogP contribution in [0.1, 0.15) is 32.6 Å². The van der Waals surface area contributed by atoms with Gasteiger partial charge in [-0.1, -0.05) is 6.92 Å². The molecule has 0 aromatic carbocycles. The first kappa shape index (κ1) is 12.8. The highest BCUT2D eigenvalue weighted by Gasteiger charge is 2.38. The molecule has 1 rings (SSSR count). The minimum atomic E-state index is -4.51. The molecule has 1 aliphatic rings. The molecular formula is C10H18F3NO. The molecule has 5 heteroatoms. The van der Waals surface area contributed by atoms with E-state index in [0.717, 1.165) is 25.7 Å². The zero-order valence-electron chi connectivity index (χ0n) is 8.85. The predicted molar refractivity (Wildman–Crippen MR) is 51.5 cm³/mol. The van der Waals surface area contributed by atoms with Crippen LogP contribution in [0.4, 0.5) is 13.2 Å². The van der Waals surface area contributed by atoms with Crippen molar-refractivity contribution in [2.24, 2.45) is 5.92 Å². The molecule has 90 valence electrons. The van der Waals surface area contributed by atoms with E-state index in [4.69, 9.17) is 5.11 Å². The lowest BCUT2D eigenvalue weighted by atomic mass is 9.87. The van der Waals surface area contributed by atoms with Gasteiger partial charge in [0.15, 0.2) is 6.10 Å². The van der Waals surface area contributed by atoms with E-state index in [2.05, 4.69) is 12.2 Å². The van der Waals surface area contributed by atoms with Crippen molar-refractivity contribution < 1.29 is 18.3 Å². The van der Waals surface area contributed by atoms with E-state index < -0.39 is 12.3 Å². The molecule has 0 aromatic heterocycles. The molecular weight excluding hydrogens is 207 g/mol. The van der Waals surface area contributed by atoms with Crippen LogP contribution in [-0.4, -0.2) is 30.0 Å². The second kappa shape index (κ2) is 5.16. The lowest BCUT2D eigenvalue weighted by Crippen LogP contribution is -2.43. The molecule has 15 heavy (non-hydrogen) atoms. The maximum atomic E-state index is 12.0. The average molecular weight is 225 g/mol. The summed E-state index contributed by atoms with van der Waals surface area (Å²) in [5.74, 6) is 0.676. The third-order valence-electron chi connectivity index (χ3n) is 2.99. The Morgan fingerprint density at radius 1 is 1.27 bits per heavy atom. The molecule has 0 spiro atoms. The zero-order chi connectivity index (χ0) is 11.5. The van der Waals surface area contributed by atoms with Crippen LogP contribution < -0.4 is 5.32 Å². The second-order valence-electron chi connectivity index (χ2n) is 4.42. The monoisotopic (exact) mass is 225 g/mol. The molecule has 0 heterocycles. The van der Waals surface area contributed by atoms with Crippen molar-refractivity contribution in [3.8, 4) is 0 Å². The molecule has 2 N–H and O–H groups in total. The average Bonchev–Trinajstić information content (AvgIpc) is 2.15. The summed E-state index contributed by atoms with van der Waals surface area (Å²) >= 11 is 0. The van der Waals surface area contributed by atoms with Crippen molar-refractivity contribution in [3.63, 3.8) is 0 Å². The Kier molecular flexibility index (Phi) is 4.40. The van der Waals surface area contributed by atoms with Crippen molar-refractivity contribution in [1.29, 1.82) is 0 Å². The second-order valence-corrected chi connectivity index (χ2v) is 4.42.